The van der Waals surface area contributed by atoms with Crippen LogP contribution in [0.4, 0.5) is 26.3 Å². The molecule has 0 N–H and O–H groups in total. The molecule has 13 heavy (non-hydrogen) atoms. The first-order valence-corrected chi connectivity index (χ1v) is 3.84. The first-order chi connectivity index (χ1) is 5.44. The zero-order chi connectivity index (χ0) is 11.1. The Kier molecular flexibility index (Phi) is 2.89. The fourth-order valence-electron chi connectivity index (χ4n) is 0.294. The average Bonchev–Trinajstić information content (AvgIpc) is 1.84. The van der Waals surface area contributed by atoms with E-state index in [2.05, 4.69) is 0 Å². The Morgan fingerprint density at radius 2 is 1.31 bits per heavy atom. The summed E-state index contributed by atoms with van der Waals surface area (Å²) in [5.41, 5.74) is 0. The van der Waals surface area contributed by atoms with Gasteiger partial charge in [-0.15, -0.1) is 0 Å². The van der Waals surface area contributed by atoms with Gasteiger partial charge in [0.25, 0.3) is 0 Å². The van der Waals surface area contributed by atoms with E-state index in [1.54, 1.807) is 0 Å². The van der Waals surface area contributed by atoms with E-state index in [4.69, 9.17) is 0 Å². The normalized spacial score (nSPS) is 15.1. The molecule has 0 aliphatic carbocycles. The van der Waals surface area contributed by atoms with Crippen molar-refractivity contribution in [3.63, 3.8) is 0 Å². The van der Waals surface area contributed by atoms with Gasteiger partial charge in [0.05, 0.1) is 0 Å². The van der Waals surface area contributed by atoms with E-state index in [-0.39, 0.29) is 0 Å². The quantitative estimate of drug-likeness (QED) is 0.686. The molecule has 0 amide bonds. The van der Waals surface area contributed by atoms with Crippen LogP contribution in [0.2, 0.25) is 0 Å². The second-order valence-corrected chi connectivity index (χ2v) is 3.32. The van der Waals surface area contributed by atoms with Gasteiger partial charge >= 0.3 is 27.7 Å². The van der Waals surface area contributed by atoms with Crippen LogP contribution in [0.25, 0.3) is 0 Å². The first-order valence-electron chi connectivity index (χ1n) is 2.44. The second kappa shape index (κ2) is 3.01. The maximum absolute atomic E-state index is 11.8. The summed E-state index contributed by atoms with van der Waals surface area (Å²) in [4.78, 5) is 0. The van der Waals surface area contributed by atoms with Gasteiger partial charge in [-0.05, 0) is 0 Å². The zero-order valence-corrected chi connectivity index (χ0v) is 6.29. The summed E-state index contributed by atoms with van der Waals surface area (Å²) in [5, 5.41) is -6.31. The summed E-state index contributed by atoms with van der Waals surface area (Å²) in [6.45, 7) is 0. The molecule has 0 aromatic rings. The fraction of sp³-hybridized carbons (Fsp3) is 1.00. The lowest BCUT2D eigenvalue weighted by Crippen LogP contribution is -2.50. The van der Waals surface area contributed by atoms with Crippen molar-refractivity contribution < 1.29 is 39.3 Å². The topological polar surface area (TPSA) is 54.0 Å². The van der Waals surface area contributed by atoms with Gasteiger partial charge in [0, 0.05) is 0 Å². The van der Waals surface area contributed by atoms with Crippen LogP contribution in [-0.4, -0.2) is 26.0 Å². The monoisotopic (exact) mass is 231 g/mol. The molecule has 3 nitrogen and oxygen atoms in total. The highest BCUT2D eigenvalue weighted by Gasteiger charge is 2.71. The predicted octanol–water partition coefficient (Wildman–Crippen LogP) is 1.24. The summed E-state index contributed by atoms with van der Waals surface area (Å²) < 4.78 is 98.0. The molecule has 1 radical (unpaired) electrons. The zero-order valence-electron chi connectivity index (χ0n) is 5.48. The van der Waals surface area contributed by atoms with Crippen molar-refractivity contribution in [2.45, 2.75) is 17.6 Å². The van der Waals surface area contributed by atoms with Crippen molar-refractivity contribution in [3.05, 3.63) is 0 Å². The molecular formula is C3HF6O3S. The number of hydrogen-bond acceptors (Lipinski definition) is 2. The van der Waals surface area contributed by atoms with E-state index < -0.39 is 27.7 Å². The van der Waals surface area contributed by atoms with E-state index in [1.807, 2.05) is 0 Å². The van der Waals surface area contributed by atoms with Gasteiger partial charge < -0.3 is 0 Å². The maximum atomic E-state index is 11.8. The molecule has 0 aliphatic heterocycles. The highest BCUT2D eigenvalue weighted by atomic mass is 32.2. The van der Waals surface area contributed by atoms with Crippen molar-refractivity contribution >= 4 is 10.1 Å². The van der Waals surface area contributed by atoms with Gasteiger partial charge in [-0.2, -0.15) is 26.0 Å². The Morgan fingerprint density at radius 1 is 1.00 bits per heavy atom. The van der Waals surface area contributed by atoms with E-state index in [0.29, 0.717) is 0 Å². The maximum Gasteiger partial charge on any atom is 0.440 e. The Bertz CT molecular complexity index is 281. The van der Waals surface area contributed by atoms with Gasteiger partial charge in [0.1, 0.15) is 0 Å². The van der Waals surface area contributed by atoms with Gasteiger partial charge in [-0.25, -0.2) is 8.78 Å². The number of halogens is 6. The van der Waals surface area contributed by atoms with Crippen LogP contribution in [0.1, 0.15) is 0 Å². The molecule has 79 valence electrons. The SMILES string of the molecule is [O]S(=O)(=O)C(F)(F)C(F)(F)C(F)F. The van der Waals surface area contributed by atoms with Crippen LogP contribution < -0.4 is 0 Å². The van der Waals surface area contributed by atoms with Crippen LogP contribution in [0.15, 0.2) is 0 Å². The van der Waals surface area contributed by atoms with E-state index in [0.717, 1.165) is 0 Å². The highest BCUT2D eigenvalue weighted by molar-refractivity contribution is 7.86. The Labute approximate surface area is 68.1 Å². The second-order valence-electron chi connectivity index (χ2n) is 1.89. The molecule has 0 spiro atoms. The summed E-state index contributed by atoms with van der Waals surface area (Å²) in [6, 6.07) is 0. The number of hydrogen-bond donors (Lipinski definition) is 0. The molecule has 0 aromatic heterocycles. The molecule has 0 saturated carbocycles. The predicted molar refractivity (Wildman–Crippen MR) is 25.5 cm³/mol. The lowest BCUT2D eigenvalue weighted by molar-refractivity contribution is -0.228. The molecule has 0 fully saturated rings. The molecule has 0 heterocycles. The van der Waals surface area contributed by atoms with Gasteiger partial charge in [0.2, 0.25) is 0 Å². The van der Waals surface area contributed by atoms with Crippen LogP contribution in [-0.2, 0) is 14.7 Å². The van der Waals surface area contributed by atoms with Crippen molar-refractivity contribution in [1.82, 2.24) is 0 Å². The fourth-order valence-corrected chi connectivity index (χ4v) is 0.716. The summed E-state index contributed by atoms with van der Waals surface area (Å²) in [7, 11) is -6.82. The minimum atomic E-state index is -6.82. The largest absolute Gasteiger partial charge is 0.440 e. The summed E-state index contributed by atoms with van der Waals surface area (Å²) in [6.07, 6.45) is -4.94. The molecular weight excluding hydrogens is 230 g/mol. The highest BCUT2D eigenvalue weighted by Crippen LogP contribution is 2.42. The third kappa shape index (κ3) is 1.88. The van der Waals surface area contributed by atoms with Crippen molar-refractivity contribution in [3.8, 4) is 0 Å². The Morgan fingerprint density at radius 3 is 1.38 bits per heavy atom. The van der Waals surface area contributed by atoms with Gasteiger partial charge in [-0.1, -0.05) is 4.55 Å². The third-order valence-electron chi connectivity index (χ3n) is 0.976. The van der Waals surface area contributed by atoms with Crippen LogP contribution in [0.3, 0.4) is 0 Å². The molecule has 0 aliphatic rings. The van der Waals surface area contributed by atoms with E-state index >= 15 is 0 Å². The smallest absolute Gasteiger partial charge is 0.203 e. The van der Waals surface area contributed by atoms with Crippen molar-refractivity contribution in [2.24, 2.45) is 0 Å². The standard InChI is InChI=1S/C3HF6O3S/c4-1(5)2(6,7)3(8,9)13(10,11)12/h1H. The lowest BCUT2D eigenvalue weighted by Gasteiger charge is -2.21. The van der Waals surface area contributed by atoms with Crippen LogP contribution in [0.5, 0.6) is 0 Å². The molecule has 0 bridgehead atoms. The van der Waals surface area contributed by atoms with Crippen LogP contribution in [0, 0.1) is 0 Å². The van der Waals surface area contributed by atoms with Gasteiger partial charge in [-0.3, -0.25) is 0 Å². The number of alkyl halides is 6. The van der Waals surface area contributed by atoms with Crippen molar-refractivity contribution in [1.29, 1.82) is 0 Å². The van der Waals surface area contributed by atoms with Gasteiger partial charge in [0.15, 0.2) is 0 Å². The minimum Gasteiger partial charge on any atom is -0.203 e. The Hall–Kier alpha value is -0.510. The first kappa shape index (κ1) is 12.5. The number of rotatable bonds is 3. The lowest BCUT2D eigenvalue weighted by atomic mass is 10.4. The van der Waals surface area contributed by atoms with E-state index in [9.17, 15) is 39.3 Å². The van der Waals surface area contributed by atoms with E-state index in [1.165, 1.54) is 0 Å². The molecule has 0 unspecified atom stereocenters. The van der Waals surface area contributed by atoms with Crippen LogP contribution >= 0.6 is 0 Å². The summed E-state index contributed by atoms with van der Waals surface area (Å²) >= 11 is 0. The third-order valence-corrected chi connectivity index (χ3v) is 1.88. The molecule has 0 saturated heterocycles. The average molecular weight is 231 g/mol. The summed E-state index contributed by atoms with van der Waals surface area (Å²) in [5.74, 6) is -6.19. The molecule has 0 atom stereocenters. The Balaban J connectivity index is 5.29. The minimum absolute atomic E-state index is 4.94. The molecule has 10 heteroatoms. The van der Waals surface area contributed by atoms with Crippen molar-refractivity contribution in [2.75, 3.05) is 0 Å². The molecule has 0 rings (SSSR count). The molecule has 0 aromatic carbocycles.